The van der Waals surface area contributed by atoms with Crippen LogP contribution >= 0.6 is 0 Å². The van der Waals surface area contributed by atoms with E-state index >= 15 is 0 Å². The molecular weight excluding hydrogens is 160 g/mol. The summed E-state index contributed by atoms with van der Waals surface area (Å²) in [5, 5.41) is 0. The number of hydrogen-bond donors (Lipinski definition) is 0. The monoisotopic (exact) mass is 174 g/mol. The van der Waals surface area contributed by atoms with E-state index in [1.807, 2.05) is 6.92 Å². The van der Waals surface area contributed by atoms with Crippen LogP contribution in [0.5, 0.6) is 0 Å². The zero-order valence-electron chi connectivity index (χ0n) is 7.25. The smallest absolute Gasteiger partial charge is 0.336 e. The molecule has 0 unspecified atom stereocenters. The van der Waals surface area contributed by atoms with Gasteiger partial charge >= 0.3 is 5.97 Å². The van der Waals surface area contributed by atoms with E-state index in [-0.39, 0.29) is 6.61 Å². The number of hydrogen-bond acceptors (Lipinski definition) is 4. The van der Waals surface area contributed by atoms with E-state index in [1.54, 1.807) is 0 Å². The Morgan fingerprint density at radius 3 is 2.67 bits per heavy atom. The SMILES string of the molecule is C=COC(=O)COCCOCC. The third kappa shape index (κ3) is 7.24. The van der Waals surface area contributed by atoms with E-state index in [2.05, 4.69) is 11.3 Å². The van der Waals surface area contributed by atoms with E-state index in [1.165, 1.54) is 0 Å². The standard InChI is InChI=1S/C8H14O4/c1-3-10-5-6-11-7-8(9)12-4-2/h4H,2-3,5-7H2,1H3. The van der Waals surface area contributed by atoms with Gasteiger partial charge in [0.1, 0.15) is 6.61 Å². The predicted octanol–water partition coefficient (Wildman–Crippen LogP) is 0.726. The van der Waals surface area contributed by atoms with Crippen molar-refractivity contribution in [2.24, 2.45) is 0 Å². The first-order valence-corrected chi connectivity index (χ1v) is 3.77. The summed E-state index contributed by atoms with van der Waals surface area (Å²) in [7, 11) is 0. The fourth-order valence-electron chi connectivity index (χ4n) is 0.545. The van der Waals surface area contributed by atoms with Gasteiger partial charge in [0.25, 0.3) is 0 Å². The van der Waals surface area contributed by atoms with Crippen LogP contribution in [0.3, 0.4) is 0 Å². The molecule has 0 radical (unpaired) electrons. The first-order valence-electron chi connectivity index (χ1n) is 3.77. The quantitative estimate of drug-likeness (QED) is 0.324. The highest BCUT2D eigenvalue weighted by Gasteiger charge is 1.99. The molecule has 0 N–H and O–H groups in total. The summed E-state index contributed by atoms with van der Waals surface area (Å²) in [5.74, 6) is -0.443. The molecule has 12 heavy (non-hydrogen) atoms. The van der Waals surface area contributed by atoms with Gasteiger partial charge in [-0.25, -0.2) is 4.79 Å². The Labute approximate surface area is 72.1 Å². The number of carbonyl (C=O) groups is 1. The van der Waals surface area contributed by atoms with Crippen LogP contribution in [-0.2, 0) is 19.0 Å². The minimum absolute atomic E-state index is 0.0565. The van der Waals surface area contributed by atoms with Crippen LogP contribution in [0.2, 0.25) is 0 Å². The molecule has 0 aromatic heterocycles. The first kappa shape index (κ1) is 11.1. The maximum absolute atomic E-state index is 10.6. The maximum atomic E-state index is 10.6. The van der Waals surface area contributed by atoms with Gasteiger partial charge in [0, 0.05) is 6.61 Å². The third-order valence-electron chi connectivity index (χ3n) is 1.01. The largest absolute Gasteiger partial charge is 0.433 e. The lowest BCUT2D eigenvalue weighted by Crippen LogP contribution is -2.12. The Morgan fingerprint density at radius 1 is 1.42 bits per heavy atom. The average Bonchev–Trinajstić information content (AvgIpc) is 2.05. The fourth-order valence-corrected chi connectivity index (χ4v) is 0.545. The predicted molar refractivity (Wildman–Crippen MR) is 43.6 cm³/mol. The summed E-state index contributed by atoms with van der Waals surface area (Å²) in [4.78, 5) is 10.6. The molecule has 0 atom stereocenters. The van der Waals surface area contributed by atoms with Crippen molar-refractivity contribution in [2.45, 2.75) is 6.92 Å². The lowest BCUT2D eigenvalue weighted by atomic mass is 10.7. The van der Waals surface area contributed by atoms with Gasteiger partial charge in [-0.1, -0.05) is 6.58 Å². The average molecular weight is 174 g/mol. The van der Waals surface area contributed by atoms with E-state index < -0.39 is 5.97 Å². The van der Waals surface area contributed by atoms with Gasteiger partial charge in [0.2, 0.25) is 0 Å². The summed E-state index contributed by atoms with van der Waals surface area (Å²) in [6, 6.07) is 0. The molecule has 0 bridgehead atoms. The van der Waals surface area contributed by atoms with E-state index in [9.17, 15) is 4.79 Å². The highest BCUT2D eigenvalue weighted by Crippen LogP contribution is 1.82. The second-order valence-electron chi connectivity index (χ2n) is 1.91. The normalized spacial score (nSPS) is 9.42. The molecule has 0 aliphatic rings. The zero-order valence-corrected chi connectivity index (χ0v) is 7.25. The van der Waals surface area contributed by atoms with Gasteiger partial charge in [-0.2, -0.15) is 0 Å². The lowest BCUT2D eigenvalue weighted by Gasteiger charge is -2.02. The van der Waals surface area contributed by atoms with Crippen LogP contribution in [0, 0.1) is 0 Å². The van der Waals surface area contributed by atoms with Crippen molar-refractivity contribution in [2.75, 3.05) is 26.4 Å². The topological polar surface area (TPSA) is 44.8 Å². The lowest BCUT2D eigenvalue weighted by molar-refractivity contribution is -0.143. The Hall–Kier alpha value is -0.870. The zero-order chi connectivity index (χ0) is 9.23. The molecule has 0 aliphatic carbocycles. The summed E-state index contributed by atoms with van der Waals surface area (Å²) < 4.78 is 14.3. The highest BCUT2D eigenvalue weighted by molar-refractivity contribution is 5.71. The van der Waals surface area contributed by atoms with E-state index in [4.69, 9.17) is 9.47 Å². The second-order valence-corrected chi connectivity index (χ2v) is 1.91. The van der Waals surface area contributed by atoms with Crippen LogP contribution in [0.1, 0.15) is 6.92 Å². The van der Waals surface area contributed by atoms with Crippen LogP contribution < -0.4 is 0 Å². The molecular formula is C8H14O4. The molecule has 0 saturated heterocycles. The summed E-state index contributed by atoms with van der Waals surface area (Å²) in [6.07, 6.45) is 1.08. The molecule has 0 aromatic rings. The van der Waals surface area contributed by atoms with Crippen molar-refractivity contribution >= 4 is 5.97 Å². The van der Waals surface area contributed by atoms with Crippen molar-refractivity contribution in [3.8, 4) is 0 Å². The second kappa shape index (κ2) is 8.23. The van der Waals surface area contributed by atoms with Crippen molar-refractivity contribution in [1.29, 1.82) is 0 Å². The van der Waals surface area contributed by atoms with Gasteiger partial charge in [-0.05, 0) is 6.92 Å². The van der Waals surface area contributed by atoms with Crippen LogP contribution in [0.15, 0.2) is 12.8 Å². The fraction of sp³-hybridized carbons (Fsp3) is 0.625. The Kier molecular flexibility index (Phi) is 7.63. The number of rotatable bonds is 7. The first-order chi connectivity index (χ1) is 5.81. The molecule has 4 nitrogen and oxygen atoms in total. The Balaban J connectivity index is 3.08. The third-order valence-corrected chi connectivity index (χ3v) is 1.01. The molecule has 0 amide bonds. The van der Waals surface area contributed by atoms with Crippen molar-refractivity contribution in [3.05, 3.63) is 12.8 Å². The van der Waals surface area contributed by atoms with E-state index in [0.717, 1.165) is 6.26 Å². The van der Waals surface area contributed by atoms with Crippen LogP contribution in [0.4, 0.5) is 0 Å². The minimum atomic E-state index is -0.443. The molecule has 0 aliphatic heterocycles. The van der Waals surface area contributed by atoms with Crippen molar-refractivity contribution in [1.82, 2.24) is 0 Å². The Morgan fingerprint density at radius 2 is 2.08 bits per heavy atom. The summed E-state index contributed by atoms with van der Waals surface area (Å²) in [6.45, 7) is 6.63. The molecule has 0 spiro atoms. The number of esters is 1. The van der Waals surface area contributed by atoms with Gasteiger partial charge in [-0.3, -0.25) is 0 Å². The summed E-state index contributed by atoms with van der Waals surface area (Å²) >= 11 is 0. The molecule has 70 valence electrons. The molecule has 4 heteroatoms. The van der Waals surface area contributed by atoms with Crippen molar-refractivity contribution in [3.63, 3.8) is 0 Å². The number of carbonyl (C=O) groups excluding carboxylic acids is 1. The summed E-state index contributed by atoms with van der Waals surface area (Å²) in [5.41, 5.74) is 0. The highest BCUT2D eigenvalue weighted by atomic mass is 16.6. The number of ether oxygens (including phenoxy) is 3. The molecule has 0 saturated carbocycles. The van der Waals surface area contributed by atoms with Crippen molar-refractivity contribution < 1.29 is 19.0 Å². The van der Waals surface area contributed by atoms with Gasteiger partial charge in [0.15, 0.2) is 0 Å². The molecule has 0 fully saturated rings. The van der Waals surface area contributed by atoms with Gasteiger partial charge in [0.05, 0.1) is 19.5 Å². The molecule has 0 heterocycles. The van der Waals surface area contributed by atoms with Crippen LogP contribution in [0.25, 0.3) is 0 Å². The minimum Gasteiger partial charge on any atom is -0.433 e. The van der Waals surface area contributed by atoms with E-state index in [0.29, 0.717) is 19.8 Å². The molecule has 0 rings (SSSR count). The Bertz CT molecular complexity index is 133. The van der Waals surface area contributed by atoms with Crippen LogP contribution in [-0.4, -0.2) is 32.4 Å². The van der Waals surface area contributed by atoms with Gasteiger partial charge < -0.3 is 14.2 Å². The van der Waals surface area contributed by atoms with Gasteiger partial charge in [-0.15, -0.1) is 0 Å². The maximum Gasteiger partial charge on any atom is 0.336 e. The molecule has 0 aromatic carbocycles.